The second kappa shape index (κ2) is 9.65. The first-order chi connectivity index (χ1) is 16.5. The van der Waals surface area contributed by atoms with Crippen molar-refractivity contribution in [3.63, 3.8) is 0 Å². The highest BCUT2D eigenvalue weighted by Gasteiger charge is 2.45. The van der Waals surface area contributed by atoms with Gasteiger partial charge >= 0.3 is 5.97 Å². The van der Waals surface area contributed by atoms with Crippen molar-refractivity contribution in [1.82, 2.24) is 0 Å². The molecule has 176 valence electrons. The predicted molar refractivity (Wildman–Crippen MR) is 129 cm³/mol. The summed E-state index contributed by atoms with van der Waals surface area (Å²) in [6.07, 6.45) is 5.98. The highest BCUT2D eigenvalue weighted by molar-refractivity contribution is 6.09. The molecule has 1 unspecified atom stereocenters. The van der Waals surface area contributed by atoms with E-state index in [4.69, 9.17) is 9.73 Å². The van der Waals surface area contributed by atoms with Crippen molar-refractivity contribution in [1.29, 1.82) is 0 Å². The van der Waals surface area contributed by atoms with Crippen LogP contribution in [0.3, 0.4) is 0 Å². The Morgan fingerprint density at radius 3 is 2.35 bits per heavy atom. The maximum atomic E-state index is 13.7. The zero-order valence-electron chi connectivity index (χ0n) is 19.5. The molecule has 5 rings (SSSR count). The number of carbonyl (C=O) groups excluding carboxylic acids is 2. The summed E-state index contributed by atoms with van der Waals surface area (Å²) in [5.74, 6) is -1.79. The number of Topliss-reactive ketones (excluding diaryl/α,β-unsaturated/α-hetero) is 1. The quantitative estimate of drug-likeness (QED) is 0.506. The average Bonchev–Trinajstić information content (AvgIpc) is 2.84. The molecule has 1 saturated carbocycles. The topological polar surface area (TPSA) is 55.7 Å². The maximum absolute atomic E-state index is 13.7. The van der Waals surface area contributed by atoms with Gasteiger partial charge < -0.3 is 4.74 Å². The second-order valence-corrected chi connectivity index (χ2v) is 9.76. The van der Waals surface area contributed by atoms with Gasteiger partial charge in [0.05, 0.1) is 0 Å². The van der Waals surface area contributed by atoms with Crippen LogP contribution in [0.25, 0.3) is 0 Å². The lowest BCUT2D eigenvalue weighted by atomic mass is 9.69. The van der Waals surface area contributed by atoms with E-state index in [-0.39, 0.29) is 29.6 Å². The van der Waals surface area contributed by atoms with Gasteiger partial charge in [-0.1, -0.05) is 48.9 Å². The molecule has 2 aromatic rings. The molecular formula is C29H30FNO3. The summed E-state index contributed by atoms with van der Waals surface area (Å²) >= 11 is 0. The Bertz CT molecular complexity index is 1130. The van der Waals surface area contributed by atoms with Crippen LogP contribution in [0.5, 0.6) is 0 Å². The number of nitrogens with zero attached hydrogens (tertiary/aromatic N) is 1. The van der Waals surface area contributed by atoms with Crippen molar-refractivity contribution < 1.29 is 18.7 Å². The molecule has 0 bridgehead atoms. The number of allylic oxidation sites excluding steroid dienone is 2. The van der Waals surface area contributed by atoms with Crippen LogP contribution < -0.4 is 0 Å². The van der Waals surface area contributed by atoms with Crippen LogP contribution in [0.4, 0.5) is 4.39 Å². The molecule has 1 aliphatic heterocycles. The van der Waals surface area contributed by atoms with E-state index in [0.717, 1.165) is 42.5 Å². The minimum absolute atomic E-state index is 0.0103. The Kier molecular flexibility index (Phi) is 6.44. The van der Waals surface area contributed by atoms with Crippen LogP contribution in [0.15, 0.2) is 70.9 Å². The van der Waals surface area contributed by atoms with Crippen molar-refractivity contribution in [3.05, 3.63) is 82.8 Å². The molecule has 0 amide bonds. The second-order valence-electron chi connectivity index (χ2n) is 9.76. The summed E-state index contributed by atoms with van der Waals surface area (Å²) in [6.45, 7) is 1.85. The minimum atomic E-state index is -0.677. The Labute approximate surface area is 199 Å². The number of ether oxygens (including phenoxy) is 1. The first-order valence-electron chi connectivity index (χ1n) is 12.3. The van der Waals surface area contributed by atoms with Crippen LogP contribution in [0.1, 0.15) is 74.8 Å². The van der Waals surface area contributed by atoms with E-state index in [2.05, 4.69) is 0 Å². The van der Waals surface area contributed by atoms with E-state index in [0.29, 0.717) is 24.1 Å². The van der Waals surface area contributed by atoms with Gasteiger partial charge in [-0.25, -0.2) is 4.39 Å². The SMILES string of the molecule is CC1=NC2=C(C(=O)C[C@H](c3ccccc3)C2)[C@H](c2ccc(F)cc2)C1C(=O)OC1CCCCC1. The van der Waals surface area contributed by atoms with Gasteiger partial charge in [-0.2, -0.15) is 0 Å². The molecule has 5 heteroatoms. The summed E-state index contributed by atoms with van der Waals surface area (Å²) in [4.78, 5) is 31.9. The molecule has 0 radical (unpaired) electrons. The Morgan fingerprint density at radius 1 is 0.941 bits per heavy atom. The van der Waals surface area contributed by atoms with Crippen LogP contribution in [-0.2, 0) is 14.3 Å². The zero-order chi connectivity index (χ0) is 23.7. The maximum Gasteiger partial charge on any atom is 0.315 e. The van der Waals surface area contributed by atoms with Crippen LogP contribution in [-0.4, -0.2) is 23.6 Å². The molecule has 2 aliphatic carbocycles. The highest BCUT2D eigenvalue weighted by atomic mass is 19.1. The zero-order valence-corrected chi connectivity index (χ0v) is 19.5. The monoisotopic (exact) mass is 459 g/mol. The summed E-state index contributed by atoms with van der Waals surface area (Å²) in [7, 11) is 0. The van der Waals surface area contributed by atoms with E-state index in [1.807, 2.05) is 37.3 Å². The third-order valence-corrected chi connectivity index (χ3v) is 7.48. The molecule has 1 heterocycles. The van der Waals surface area contributed by atoms with Crippen molar-refractivity contribution in [2.75, 3.05) is 0 Å². The van der Waals surface area contributed by atoms with E-state index in [9.17, 15) is 14.0 Å². The lowest BCUT2D eigenvalue weighted by Gasteiger charge is -2.37. The fourth-order valence-corrected chi connectivity index (χ4v) is 5.78. The number of hydrogen-bond acceptors (Lipinski definition) is 4. The molecule has 0 aromatic heterocycles. The number of aliphatic imine (C=N–C) groups is 1. The van der Waals surface area contributed by atoms with Gasteiger partial charge in [0, 0.05) is 29.3 Å². The average molecular weight is 460 g/mol. The molecule has 2 aromatic carbocycles. The molecule has 0 spiro atoms. The summed E-state index contributed by atoms with van der Waals surface area (Å²) in [6, 6.07) is 16.2. The third-order valence-electron chi connectivity index (χ3n) is 7.48. The Balaban J connectivity index is 1.52. The van der Waals surface area contributed by atoms with Crippen molar-refractivity contribution >= 4 is 17.5 Å². The number of benzene rings is 2. The van der Waals surface area contributed by atoms with Gasteiger partial charge in [0.2, 0.25) is 0 Å². The fourth-order valence-electron chi connectivity index (χ4n) is 5.78. The molecule has 0 N–H and O–H groups in total. The highest BCUT2D eigenvalue weighted by Crippen LogP contribution is 2.47. The number of halogens is 1. The summed E-state index contributed by atoms with van der Waals surface area (Å²) in [5.41, 5.74) is 3.87. The molecule has 34 heavy (non-hydrogen) atoms. The lowest BCUT2D eigenvalue weighted by Crippen LogP contribution is -2.39. The standard InChI is InChI=1S/C29H30FNO3/c1-18-26(29(33)34-23-10-6-3-7-11-23)27(20-12-14-22(30)15-13-20)28-24(31-18)16-21(17-25(28)32)19-8-4-2-5-9-19/h2,4-5,8-9,12-15,21,23,26-27H,3,6-7,10-11,16-17H2,1H3/t21-,26?,27-/m1/s1. The first-order valence-corrected chi connectivity index (χ1v) is 12.3. The summed E-state index contributed by atoms with van der Waals surface area (Å²) < 4.78 is 19.7. The van der Waals surface area contributed by atoms with Gasteiger partial charge in [-0.3, -0.25) is 14.6 Å². The normalized spacial score (nSPS) is 25.5. The van der Waals surface area contributed by atoms with Crippen molar-refractivity contribution in [2.24, 2.45) is 10.9 Å². The number of carbonyl (C=O) groups is 2. The largest absolute Gasteiger partial charge is 0.462 e. The molecule has 0 saturated heterocycles. The minimum Gasteiger partial charge on any atom is -0.462 e. The number of rotatable bonds is 4. The van der Waals surface area contributed by atoms with Gasteiger partial charge in [0.1, 0.15) is 17.8 Å². The molecule has 4 nitrogen and oxygen atoms in total. The molecule has 3 atom stereocenters. The van der Waals surface area contributed by atoms with E-state index in [1.165, 1.54) is 18.6 Å². The third kappa shape index (κ3) is 4.48. The molecule has 1 fully saturated rings. The number of esters is 1. The molecule has 3 aliphatic rings. The van der Waals surface area contributed by atoms with Crippen LogP contribution >= 0.6 is 0 Å². The predicted octanol–water partition coefficient (Wildman–Crippen LogP) is 6.28. The Morgan fingerprint density at radius 2 is 1.65 bits per heavy atom. The van der Waals surface area contributed by atoms with E-state index in [1.54, 1.807) is 12.1 Å². The van der Waals surface area contributed by atoms with Crippen LogP contribution in [0, 0.1) is 11.7 Å². The van der Waals surface area contributed by atoms with E-state index < -0.39 is 11.8 Å². The summed E-state index contributed by atoms with van der Waals surface area (Å²) in [5, 5.41) is 0. The number of hydrogen-bond donors (Lipinski definition) is 0. The Hall–Kier alpha value is -3.08. The van der Waals surface area contributed by atoms with Crippen molar-refractivity contribution in [3.8, 4) is 0 Å². The number of ketones is 1. The molecular weight excluding hydrogens is 429 g/mol. The first kappa shape index (κ1) is 22.7. The fraction of sp³-hybridized carbons (Fsp3) is 0.414. The van der Waals surface area contributed by atoms with Gasteiger partial charge in [-0.05, 0) is 68.2 Å². The van der Waals surface area contributed by atoms with Crippen LogP contribution in [0.2, 0.25) is 0 Å². The smallest absolute Gasteiger partial charge is 0.315 e. The van der Waals surface area contributed by atoms with Gasteiger partial charge in [0.25, 0.3) is 0 Å². The van der Waals surface area contributed by atoms with E-state index >= 15 is 0 Å². The lowest BCUT2D eigenvalue weighted by molar-refractivity contribution is -0.153. The van der Waals surface area contributed by atoms with Crippen molar-refractivity contribution in [2.45, 2.75) is 69.8 Å². The van der Waals surface area contributed by atoms with Gasteiger partial charge in [0.15, 0.2) is 5.78 Å². The van der Waals surface area contributed by atoms with Gasteiger partial charge in [-0.15, -0.1) is 0 Å².